The number of aliphatic hydroxyl groups is 1. The Morgan fingerprint density at radius 3 is 2.54 bits per heavy atom. The Morgan fingerprint density at radius 1 is 1.29 bits per heavy atom. The van der Waals surface area contributed by atoms with Gasteiger partial charge in [-0.3, -0.25) is 0 Å². The minimum absolute atomic E-state index is 0.179. The number of furan rings is 1. The summed E-state index contributed by atoms with van der Waals surface area (Å²) in [6.45, 7) is 7.26. The first kappa shape index (κ1) is 21.6. The molecule has 0 fully saturated rings. The summed E-state index contributed by atoms with van der Waals surface area (Å²) in [7, 11) is 5.21. The maximum Gasteiger partial charge on any atom is 0.194 e. The predicted molar refractivity (Wildman–Crippen MR) is 110 cm³/mol. The molecular weight excluding hydrogens is 358 g/mol. The number of nitrogens with one attached hydrogen (secondary N) is 1. The van der Waals surface area contributed by atoms with Gasteiger partial charge in [0.25, 0.3) is 0 Å². The number of ether oxygens (including phenoxy) is 2. The van der Waals surface area contributed by atoms with Gasteiger partial charge < -0.3 is 29.2 Å². The molecule has 0 saturated carbocycles. The highest BCUT2D eigenvalue weighted by Gasteiger charge is 2.26. The van der Waals surface area contributed by atoms with E-state index in [1.165, 1.54) is 0 Å². The van der Waals surface area contributed by atoms with Gasteiger partial charge in [0.05, 0.1) is 27.0 Å². The Hall–Kier alpha value is -2.67. The minimum atomic E-state index is -1.18. The molecule has 0 aliphatic carbocycles. The summed E-state index contributed by atoms with van der Waals surface area (Å²) in [4.78, 5) is 6.62. The van der Waals surface area contributed by atoms with Gasteiger partial charge in [0.1, 0.15) is 11.4 Å². The third-order valence-electron chi connectivity index (χ3n) is 4.53. The number of guanidine groups is 1. The predicted octanol–water partition coefficient (Wildman–Crippen LogP) is 2.91. The lowest BCUT2D eigenvalue weighted by atomic mass is 10.0. The molecule has 0 aliphatic rings. The van der Waals surface area contributed by atoms with Crippen molar-refractivity contribution < 1.29 is 19.0 Å². The molecule has 28 heavy (non-hydrogen) atoms. The van der Waals surface area contributed by atoms with E-state index in [-0.39, 0.29) is 6.54 Å². The van der Waals surface area contributed by atoms with Crippen molar-refractivity contribution in [3.05, 3.63) is 47.4 Å². The average Bonchev–Trinajstić information content (AvgIpc) is 3.22. The molecule has 0 saturated heterocycles. The van der Waals surface area contributed by atoms with Crippen molar-refractivity contribution in [3.63, 3.8) is 0 Å². The van der Waals surface area contributed by atoms with Gasteiger partial charge in [-0.2, -0.15) is 0 Å². The lowest BCUT2D eigenvalue weighted by Gasteiger charge is -2.25. The second kappa shape index (κ2) is 9.50. The van der Waals surface area contributed by atoms with Crippen molar-refractivity contribution >= 4 is 5.96 Å². The van der Waals surface area contributed by atoms with Crippen LogP contribution >= 0.6 is 0 Å². The van der Waals surface area contributed by atoms with Gasteiger partial charge in [-0.05, 0) is 56.2 Å². The molecule has 0 amide bonds. The van der Waals surface area contributed by atoms with Crippen LogP contribution < -0.4 is 14.8 Å². The summed E-state index contributed by atoms with van der Waals surface area (Å²) < 4.78 is 16.1. The largest absolute Gasteiger partial charge is 0.493 e. The van der Waals surface area contributed by atoms with Crippen LogP contribution in [0.4, 0.5) is 0 Å². The molecule has 154 valence electrons. The van der Waals surface area contributed by atoms with Crippen LogP contribution in [0.15, 0.2) is 39.9 Å². The monoisotopic (exact) mass is 389 g/mol. The van der Waals surface area contributed by atoms with Gasteiger partial charge in [-0.1, -0.05) is 0 Å². The lowest BCUT2D eigenvalue weighted by Crippen LogP contribution is -2.40. The molecule has 7 heteroatoms. The molecule has 0 aliphatic heterocycles. The van der Waals surface area contributed by atoms with Crippen molar-refractivity contribution in [2.24, 2.45) is 4.99 Å². The van der Waals surface area contributed by atoms with E-state index in [4.69, 9.17) is 13.9 Å². The van der Waals surface area contributed by atoms with E-state index < -0.39 is 5.60 Å². The molecule has 0 bridgehead atoms. The summed E-state index contributed by atoms with van der Waals surface area (Å²) in [5.74, 6) is 2.59. The van der Waals surface area contributed by atoms with Gasteiger partial charge in [-0.15, -0.1) is 0 Å². The van der Waals surface area contributed by atoms with Gasteiger partial charge in [0, 0.05) is 20.1 Å². The van der Waals surface area contributed by atoms with Crippen LogP contribution in [0.3, 0.4) is 0 Å². The number of hydrogen-bond donors (Lipinski definition) is 2. The zero-order valence-corrected chi connectivity index (χ0v) is 17.6. The van der Waals surface area contributed by atoms with Crippen LogP contribution in [0.1, 0.15) is 30.7 Å². The highest BCUT2D eigenvalue weighted by Crippen LogP contribution is 2.30. The molecule has 0 spiro atoms. The molecular formula is C21H31N3O4. The summed E-state index contributed by atoms with van der Waals surface area (Å²) in [5.41, 5.74) is 1.02. The fraction of sp³-hybridized carbons (Fsp3) is 0.476. The van der Waals surface area contributed by atoms with E-state index in [0.717, 1.165) is 17.7 Å². The van der Waals surface area contributed by atoms with Crippen LogP contribution in [0.2, 0.25) is 0 Å². The minimum Gasteiger partial charge on any atom is -0.493 e. The highest BCUT2D eigenvalue weighted by atomic mass is 16.5. The van der Waals surface area contributed by atoms with E-state index in [1.54, 1.807) is 39.5 Å². The Balaban J connectivity index is 2.20. The zero-order chi connectivity index (χ0) is 20.7. The second-order valence-corrected chi connectivity index (χ2v) is 6.91. The van der Waals surface area contributed by atoms with Gasteiger partial charge >= 0.3 is 0 Å². The van der Waals surface area contributed by atoms with Crippen LogP contribution in [-0.4, -0.2) is 50.3 Å². The Morgan fingerprint density at radius 2 is 1.96 bits per heavy atom. The topological polar surface area (TPSA) is 79.5 Å². The third-order valence-corrected chi connectivity index (χ3v) is 4.53. The SMILES string of the molecule is CCNC(=NCC(C)(O)c1ccco1)N(C)Cc1cc(OC)c(OC)cc1C. The standard InChI is InChI=1S/C21H31N3O4/c1-7-22-20(23-14-21(3,25)19-9-8-10-28-19)24(4)13-16-12-18(27-6)17(26-5)11-15(16)2/h8-12,25H,7,13-14H2,1-6H3,(H,22,23). The van der Waals surface area contributed by atoms with E-state index in [1.807, 2.05) is 37.9 Å². The number of aryl methyl sites for hydroxylation is 1. The molecule has 1 heterocycles. The van der Waals surface area contributed by atoms with E-state index in [0.29, 0.717) is 29.8 Å². The third kappa shape index (κ3) is 5.19. The van der Waals surface area contributed by atoms with Crippen molar-refractivity contribution in [1.29, 1.82) is 0 Å². The van der Waals surface area contributed by atoms with Crippen LogP contribution in [0.5, 0.6) is 11.5 Å². The highest BCUT2D eigenvalue weighted by molar-refractivity contribution is 5.79. The zero-order valence-electron chi connectivity index (χ0n) is 17.6. The number of methoxy groups -OCH3 is 2. The van der Waals surface area contributed by atoms with Crippen molar-refractivity contribution in [3.8, 4) is 11.5 Å². The second-order valence-electron chi connectivity index (χ2n) is 6.91. The van der Waals surface area contributed by atoms with Gasteiger partial charge in [0.2, 0.25) is 0 Å². The number of hydrogen-bond acceptors (Lipinski definition) is 5. The summed E-state index contributed by atoms with van der Waals surface area (Å²) in [5, 5.41) is 13.9. The van der Waals surface area contributed by atoms with Crippen molar-refractivity contribution in [2.45, 2.75) is 32.9 Å². The first-order chi connectivity index (χ1) is 13.3. The van der Waals surface area contributed by atoms with Crippen molar-refractivity contribution in [2.75, 3.05) is 34.4 Å². The number of nitrogens with zero attached hydrogens (tertiary/aromatic N) is 2. The van der Waals surface area contributed by atoms with Gasteiger partial charge in [-0.25, -0.2) is 4.99 Å². The maximum absolute atomic E-state index is 10.7. The van der Waals surface area contributed by atoms with Crippen LogP contribution in [-0.2, 0) is 12.1 Å². The molecule has 0 radical (unpaired) electrons. The van der Waals surface area contributed by atoms with E-state index in [9.17, 15) is 5.11 Å². The Labute approximate surface area is 167 Å². The summed E-state index contributed by atoms with van der Waals surface area (Å²) in [6, 6.07) is 7.45. The first-order valence-electron chi connectivity index (χ1n) is 9.29. The normalized spacial score (nSPS) is 13.8. The Kier molecular flexibility index (Phi) is 7.34. The number of benzene rings is 1. The van der Waals surface area contributed by atoms with E-state index in [2.05, 4.69) is 10.3 Å². The smallest absolute Gasteiger partial charge is 0.194 e. The molecule has 1 unspecified atom stereocenters. The van der Waals surface area contributed by atoms with Crippen LogP contribution in [0, 0.1) is 6.92 Å². The lowest BCUT2D eigenvalue weighted by molar-refractivity contribution is 0.0435. The summed E-state index contributed by atoms with van der Waals surface area (Å²) >= 11 is 0. The van der Waals surface area contributed by atoms with Crippen molar-refractivity contribution in [1.82, 2.24) is 10.2 Å². The Bertz CT molecular complexity index is 785. The molecule has 1 aromatic carbocycles. The summed E-state index contributed by atoms with van der Waals surface area (Å²) in [6.07, 6.45) is 1.55. The molecule has 2 N–H and O–H groups in total. The van der Waals surface area contributed by atoms with E-state index >= 15 is 0 Å². The fourth-order valence-corrected chi connectivity index (χ4v) is 2.88. The average molecular weight is 389 g/mol. The molecule has 1 aromatic heterocycles. The fourth-order valence-electron chi connectivity index (χ4n) is 2.88. The molecule has 2 rings (SSSR count). The maximum atomic E-state index is 10.7. The quantitative estimate of drug-likeness (QED) is 0.534. The van der Waals surface area contributed by atoms with Gasteiger partial charge in [0.15, 0.2) is 17.5 Å². The van der Waals surface area contributed by atoms with Crippen LogP contribution in [0.25, 0.3) is 0 Å². The molecule has 1 atom stereocenters. The number of aliphatic imine (C=N–C) groups is 1. The molecule has 7 nitrogen and oxygen atoms in total. The number of rotatable bonds is 8. The first-order valence-corrected chi connectivity index (χ1v) is 9.29. The molecule has 2 aromatic rings.